The SMILES string of the molecule is Cc1ccc(F)c(C(=O)NC(C)(C)CCCl)c1F. The van der Waals surface area contributed by atoms with Gasteiger partial charge in [-0.3, -0.25) is 4.79 Å². The van der Waals surface area contributed by atoms with Crippen molar-refractivity contribution in [2.45, 2.75) is 32.7 Å². The molecule has 0 bridgehead atoms. The summed E-state index contributed by atoms with van der Waals surface area (Å²) in [5.74, 6) is -2.10. The Kier molecular flexibility index (Phi) is 4.68. The molecule has 0 aromatic heterocycles. The standard InChI is InChI=1S/C13H16ClF2NO/c1-8-4-5-9(15)10(11(8)16)12(18)17-13(2,3)6-7-14/h4-5H,6-7H2,1-3H3,(H,17,18). The average molecular weight is 276 g/mol. The van der Waals surface area contributed by atoms with E-state index >= 15 is 0 Å². The van der Waals surface area contributed by atoms with Crippen LogP contribution in [0.25, 0.3) is 0 Å². The average Bonchev–Trinajstić information content (AvgIpc) is 2.23. The molecule has 18 heavy (non-hydrogen) atoms. The third kappa shape index (κ3) is 3.42. The molecule has 0 heterocycles. The van der Waals surface area contributed by atoms with E-state index in [1.807, 2.05) is 0 Å². The van der Waals surface area contributed by atoms with Crippen LogP contribution in [-0.4, -0.2) is 17.3 Å². The van der Waals surface area contributed by atoms with E-state index in [0.29, 0.717) is 12.3 Å². The molecule has 0 saturated carbocycles. The minimum atomic E-state index is -0.864. The van der Waals surface area contributed by atoms with Crippen molar-refractivity contribution in [2.24, 2.45) is 0 Å². The molecule has 0 unspecified atom stereocenters. The first kappa shape index (κ1) is 14.9. The molecule has 0 aliphatic heterocycles. The zero-order valence-corrected chi connectivity index (χ0v) is 11.4. The van der Waals surface area contributed by atoms with Gasteiger partial charge in [-0.05, 0) is 38.8 Å². The highest BCUT2D eigenvalue weighted by Gasteiger charge is 2.25. The molecule has 1 aromatic carbocycles. The molecule has 0 spiro atoms. The van der Waals surface area contributed by atoms with Crippen LogP contribution < -0.4 is 5.32 Å². The largest absolute Gasteiger partial charge is 0.347 e. The van der Waals surface area contributed by atoms with Crippen LogP contribution >= 0.6 is 11.6 Å². The Balaban J connectivity index is 3.02. The van der Waals surface area contributed by atoms with Crippen molar-refractivity contribution in [3.8, 4) is 0 Å². The molecular weight excluding hydrogens is 260 g/mol. The number of carbonyl (C=O) groups excluding carboxylic acids is 1. The van der Waals surface area contributed by atoms with Gasteiger partial charge in [0, 0.05) is 11.4 Å². The fourth-order valence-corrected chi connectivity index (χ4v) is 2.01. The first-order valence-electron chi connectivity index (χ1n) is 5.61. The van der Waals surface area contributed by atoms with Crippen molar-refractivity contribution in [3.63, 3.8) is 0 Å². The number of hydrogen-bond acceptors (Lipinski definition) is 1. The van der Waals surface area contributed by atoms with Gasteiger partial charge in [-0.25, -0.2) is 8.78 Å². The third-order valence-electron chi connectivity index (χ3n) is 2.68. The Morgan fingerprint density at radius 2 is 2.00 bits per heavy atom. The number of benzene rings is 1. The van der Waals surface area contributed by atoms with Crippen LogP contribution in [0.3, 0.4) is 0 Å². The second-order valence-electron chi connectivity index (χ2n) is 4.83. The maximum absolute atomic E-state index is 13.7. The van der Waals surface area contributed by atoms with Crippen molar-refractivity contribution in [1.29, 1.82) is 0 Å². The highest BCUT2D eigenvalue weighted by Crippen LogP contribution is 2.18. The van der Waals surface area contributed by atoms with Gasteiger partial charge in [-0.15, -0.1) is 11.6 Å². The summed E-state index contributed by atoms with van der Waals surface area (Å²) < 4.78 is 27.3. The van der Waals surface area contributed by atoms with Crippen molar-refractivity contribution < 1.29 is 13.6 Å². The summed E-state index contributed by atoms with van der Waals surface area (Å²) in [6.07, 6.45) is 0.509. The number of alkyl halides is 1. The lowest BCUT2D eigenvalue weighted by molar-refractivity contribution is 0.0903. The number of carbonyl (C=O) groups is 1. The van der Waals surface area contributed by atoms with Crippen LogP contribution in [0.15, 0.2) is 12.1 Å². The summed E-state index contributed by atoms with van der Waals surface area (Å²) in [6, 6.07) is 2.38. The lowest BCUT2D eigenvalue weighted by atomic mass is 10.0. The quantitative estimate of drug-likeness (QED) is 0.839. The smallest absolute Gasteiger partial charge is 0.257 e. The first-order chi connectivity index (χ1) is 8.28. The number of amides is 1. The van der Waals surface area contributed by atoms with Crippen molar-refractivity contribution >= 4 is 17.5 Å². The molecule has 0 aliphatic carbocycles. The van der Waals surface area contributed by atoms with Crippen molar-refractivity contribution in [1.82, 2.24) is 5.32 Å². The van der Waals surface area contributed by atoms with Gasteiger partial charge in [0.05, 0.1) is 0 Å². The summed E-state index contributed by atoms with van der Waals surface area (Å²) in [7, 11) is 0. The van der Waals surface area contributed by atoms with E-state index in [9.17, 15) is 13.6 Å². The van der Waals surface area contributed by atoms with E-state index in [-0.39, 0.29) is 5.56 Å². The highest BCUT2D eigenvalue weighted by atomic mass is 35.5. The topological polar surface area (TPSA) is 29.1 Å². The van der Waals surface area contributed by atoms with Gasteiger partial charge < -0.3 is 5.32 Å². The van der Waals surface area contributed by atoms with Gasteiger partial charge in [0.2, 0.25) is 0 Å². The maximum atomic E-state index is 13.7. The summed E-state index contributed by atoms with van der Waals surface area (Å²) in [4.78, 5) is 11.9. The van der Waals surface area contributed by atoms with Crippen LogP contribution in [0, 0.1) is 18.6 Å². The van der Waals surface area contributed by atoms with E-state index in [0.717, 1.165) is 6.07 Å². The molecule has 0 aliphatic rings. The second kappa shape index (κ2) is 5.65. The van der Waals surface area contributed by atoms with E-state index in [1.54, 1.807) is 13.8 Å². The van der Waals surface area contributed by atoms with E-state index in [4.69, 9.17) is 11.6 Å². The summed E-state index contributed by atoms with van der Waals surface area (Å²) in [5, 5.41) is 2.58. The Morgan fingerprint density at radius 3 is 2.56 bits per heavy atom. The molecule has 0 fully saturated rings. The zero-order valence-electron chi connectivity index (χ0n) is 10.6. The summed E-state index contributed by atoms with van der Waals surface area (Å²) >= 11 is 5.60. The van der Waals surface area contributed by atoms with Crippen LogP contribution in [0.5, 0.6) is 0 Å². The Bertz CT molecular complexity index is 461. The number of rotatable bonds is 4. The van der Waals surface area contributed by atoms with Gasteiger partial charge in [0.15, 0.2) is 0 Å². The first-order valence-corrected chi connectivity index (χ1v) is 6.15. The lowest BCUT2D eigenvalue weighted by Gasteiger charge is -2.25. The molecular formula is C13H16ClF2NO. The molecule has 2 nitrogen and oxygen atoms in total. The van der Waals surface area contributed by atoms with Crippen molar-refractivity contribution in [2.75, 3.05) is 5.88 Å². The number of hydrogen-bond donors (Lipinski definition) is 1. The normalized spacial score (nSPS) is 11.4. The summed E-state index contributed by atoms with van der Waals surface area (Å²) in [5.41, 5.74) is -0.920. The fraction of sp³-hybridized carbons (Fsp3) is 0.462. The monoisotopic (exact) mass is 275 g/mol. The Labute approximate surface area is 110 Å². The van der Waals surface area contributed by atoms with Crippen LogP contribution in [0.4, 0.5) is 8.78 Å². The molecule has 0 saturated heterocycles. The minimum absolute atomic E-state index is 0.233. The fourth-order valence-electron chi connectivity index (χ4n) is 1.53. The van der Waals surface area contributed by atoms with E-state index < -0.39 is 28.6 Å². The van der Waals surface area contributed by atoms with Crippen LogP contribution in [0.2, 0.25) is 0 Å². The Morgan fingerprint density at radius 1 is 1.39 bits per heavy atom. The van der Waals surface area contributed by atoms with Crippen LogP contribution in [-0.2, 0) is 0 Å². The Hall–Kier alpha value is -1.16. The lowest BCUT2D eigenvalue weighted by Crippen LogP contribution is -2.44. The van der Waals surface area contributed by atoms with E-state index in [2.05, 4.69) is 5.32 Å². The van der Waals surface area contributed by atoms with Crippen molar-refractivity contribution in [3.05, 3.63) is 34.9 Å². The second-order valence-corrected chi connectivity index (χ2v) is 5.21. The van der Waals surface area contributed by atoms with Gasteiger partial charge in [0.1, 0.15) is 17.2 Å². The summed E-state index contributed by atoms with van der Waals surface area (Å²) in [6.45, 7) is 4.98. The molecule has 1 amide bonds. The number of halogens is 3. The molecule has 100 valence electrons. The highest BCUT2D eigenvalue weighted by molar-refractivity contribution is 6.17. The van der Waals surface area contributed by atoms with Gasteiger partial charge in [0.25, 0.3) is 5.91 Å². The van der Waals surface area contributed by atoms with Gasteiger partial charge >= 0.3 is 0 Å². The number of aryl methyl sites for hydroxylation is 1. The van der Waals surface area contributed by atoms with Gasteiger partial charge in [-0.2, -0.15) is 0 Å². The molecule has 1 rings (SSSR count). The van der Waals surface area contributed by atoms with E-state index in [1.165, 1.54) is 13.0 Å². The van der Waals surface area contributed by atoms with Crippen LogP contribution in [0.1, 0.15) is 36.2 Å². The molecule has 0 radical (unpaired) electrons. The van der Waals surface area contributed by atoms with Gasteiger partial charge in [-0.1, -0.05) is 6.07 Å². The predicted molar refractivity (Wildman–Crippen MR) is 68.0 cm³/mol. The zero-order chi connectivity index (χ0) is 13.9. The minimum Gasteiger partial charge on any atom is -0.347 e. The number of nitrogens with one attached hydrogen (secondary N) is 1. The molecule has 1 aromatic rings. The third-order valence-corrected chi connectivity index (χ3v) is 2.87. The predicted octanol–water partition coefficient (Wildman–Crippen LogP) is 3.41. The molecule has 1 N–H and O–H groups in total. The maximum Gasteiger partial charge on any atom is 0.257 e. The molecule has 0 atom stereocenters. The molecule has 5 heteroatoms.